The van der Waals surface area contributed by atoms with Gasteiger partial charge in [-0.1, -0.05) is 0 Å². The molecule has 0 unspecified atom stereocenters. The van der Waals surface area contributed by atoms with E-state index in [0.29, 0.717) is 30.2 Å². The van der Waals surface area contributed by atoms with Crippen LogP contribution < -0.4 is 0 Å². The van der Waals surface area contributed by atoms with Crippen molar-refractivity contribution in [3.8, 4) is 0 Å². The Hall–Kier alpha value is -2.02. The number of rotatable bonds is 3. The highest BCUT2D eigenvalue weighted by Crippen LogP contribution is 2.35. The lowest BCUT2D eigenvalue weighted by Crippen LogP contribution is -2.32. The first-order valence-corrected chi connectivity index (χ1v) is 8.57. The lowest BCUT2D eigenvalue weighted by atomic mass is 9.89. The van der Waals surface area contributed by atoms with E-state index in [4.69, 9.17) is 4.74 Å². The van der Waals surface area contributed by atoms with E-state index in [2.05, 4.69) is 15.0 Å². The number of ether oxygens (including phenoxy) is 1. The van der Waals surface area contributed by atoms with Crippen molar-refractivity contribution in [3.05, 3.63) is 23.4 Å². The van der Waals surface area contributed by atoms with E-state index >= 15 is 0 Å². The van der Waals surface area contributed by atoms with Crippen molar-refractivity contribution in [1.82, 2.24) is 19.9 Å². The number of fused-ring (bicyclic) bond motifs is 1. The molecular weight excluding hydrogens is 311 g/mol. The van der Waals surface area contributed by atoms with Crippen LogP contribution >= 0.6 is 0 Å². The molecule has 7 heteroatoms. The molecule has 6 nitrogen and oxygen atoms in total. The number of aromatic amines is 1. The summed E-state index contributed by atoms with van der Waals surface area (Å²) in [5.41, 5.74) is 1.99. The van der Waals surface area contributed by atoms with Crippen LogP contribution in [0.15, 0.2) is 6.20 Å². The third-order valence-electron chi connectivity index (χ3n) is 5.22. The van der Waals surface area contributed by atoms with Gasteiger partial charge < -0.3 is 14.6 Å². The molecular formula is C17H21FN4O2. The fourth-order valence-electron chi connectivity index (χ4n) is 3.83. The molecule has 2 saturated heterocycles. The molecule has 4 rings (SSSR count). The molecule has 0 spiro atoms. The number of carbonyl (C=O) groups excluding carboxylic acids is 1. The van der Waals surface area contributed by atoms with Gasteiger partial charge in [-0.2, -0.15) is 0 Å². The van der Waals surface area contributed by atoms with Crippen molar-refractivity contribution in [2.75, 3.05) is 26.3 Å². The molecule has 1 amide bonds. The SMILES string of the molecule is O=CN1CCC(c2c(F)cnc3nc(C4CCOCC4)[nH]c23)CC1. The average molecular weight is 332 g/mol. The van der Waals surface area contributed by atoms with E-state index in [1.54, 1.807) is 4.90 Å². The Morgan fingerprint density at radius 2 is 1.96 bits per heavy atom. The zero-order valence-corrected chi connectivity index (χ0v) is 13.5. The molecule has 128 valence electrons. The maximum Gasteiger partial charge on any atom is 0.209 e. The van der Waals surface area contributed by atoms with Crippen LogP contribution in [0.1, 0.15) is 48.9 Å². The molecule has 2 aliphatic heterocycles. The lowest BCUT2D eigenvalue weighted by Gasteiger charge is -2.29. The summed E-state index contributed by atoms with van der Waals surface area (Å²) in [6.45, 7) is 2.80. The summed E-state index contributed by atoms with van der Waals surface area (Å²) in [4.78, 5) is 24.7. The smallest absolute Gasteiger partial charge is 0.209 e. The third kappa shape index (κ3) is 2.77. The molecule has 0 atom stereocenters. The second-order valence-electron chi connectivity index (χ2n) is 6.64. The highest BCUT2D eigenvalue weighted by molar-refractivity contribution is 5.76. The van der Waals surface area contributed by atoms with Crippen LogP contribution in [0.2, 0.25) is 0 Å². The van der Waals surface area contributed by atoms with E-state index in [1.807, 2.05) is 0 Å². The minimum Gasteiger partial charge on any atom is -0.381 e. The van der Waals surface area contributed by atoms with Crippen molar-refractivity contribution >= 4 is 17.6 Å². The number of nitrogens with one attached hydrogen (secondary N) is 1. The molecule has 1 N–H and O–H groups in total. The molecule has 0 aliphatic carbocycles. The van der Waals surface area contributed by atoms with Gasteiger partial charge in [0.15, 0.2) is 5.65 Å². The van der Waals surface area contributed by atoms with Gasteiger partial charge in [-0.3, -0.25) is 4.79 Å². The van der Waals surface area contributed by atoms with Gasteiger partial charge in [-0.05, 0) is 31.6 Å². The van der Waals surface area contributed by atoms with Crippen molar-refractivity contribution in [2.24, 2.45) is 0 Å². The van der Waals surface area contributed by atoms with E-state index < -0.39 is 0 Å². The fourth-order valence-corrected chi connectivity index (χ4v) is 3.83. The summed E-state index contributed by atoms with van der Waals surface area (Å²) in [5.74, 6) is 1.02. The highest BCUT2D eigenvalue weighted by Gasteiger charge is 2.27. The van der Waals surface area contributed by atoms with Gasteiger partial charge in [-0.15, -0.1) is 0 Å². The van der Waals surface area contributed by atoms with E-state index in [-0.39, 0.29) is 11.7 Å². The molecule has 2 aliphatic rings. The van der Waals surface area contributed by atoms with Crippen LogP contribution in [0.25, 0.3) is 11.2 Å². The first kappa shape index (κ1) is 15.5. The first-order valence-electron chi connectivity index (χ1n) is 8.57. The number of hydrogen-bond donors (Lipinski definition) is 1. The number of carbonyl (C=O) groups is 1. The summed E-state index contributed by atoms with van der Waals surface area (Å²) in [6.07, 6.45) is 5.53. The zero-order valence-electron chi connectivity index (χ0n) is 13.5. The van der Waals surface area contributed by atoms with Crippen LogP contribution in [0, 0.1) is 5.82 Å². The number of H-pyrrole nitrogens is 1. The number of aromatic nitrogens is 3. The summed E-state index contributed by atoms with van der Waals surface area (Å²) in [5, 5.41) is 0. The molecule has 0 saturated carbocycles. The lowest BCUT2D eigenvalue weighted by molar-refractivity contribution is -0.119. The van der Waals surface area contributed by atoms with Gasteiger partial charge in [0.1, 0.15) is 11.6 Å². The first-order chi connectivity index (χ1) is 11.8. The second kappa shape index (κ2) is 6.47. The number of nitrogens with zero attached hydrogens (tertiary/aromatic N) is 3. The Morgan fingerprint density at radius 1 is 1.21 bits per heavy atom. The minimum atomic E-state index is -0.283. The number of pyridine rings is 1. The van der Waals surface area contributed by atoms with Gasteiger partial charge in [0.25, 0.3) is 0 Å². The number of amides is 1. The Balaban J connectivity index is 1.68. The van der Waals surface area contributed by atoms with Crippen LogP contribution in [0.5, 0.6) is 0 Å². The maximum atomic E-state index is 14.5. The normalized spacial score (nSPS) is 20.6. The van der Waals surface area contributed by atoms with Crippen LogP contribution in [-0.4, -0.2) is 52.6 Å². The quantitative estimate of drug-likeness (QED) is 0.876. The van der Waals surface area contributed by atoms with Crippen LogP contribution in [0.3, 0.4) is 0 Å². The summed E-state index contributed by atoms with van der Waals surface area (Å²) < 4.78 is 19.9. The molecule has 2 aromatic heterocycles. The van der Waals surface area contributed by atoms with E-state index in [0.717, 1.165) is 56.6 Å². The zero-order chi connectivity index (χ0) is 16.5. The minimum absolute atomic E-state index is 0.0923. The largest absolute Gasteiger partial charge is 0.381 e. The predicted octanol–water partition coefficient (Wildman–Crippen LogP) is 2.33. The number of piperidine rings is 1. The molecule has 0 aromatic carbocycles. The van der Waals surface area contributed by atoms with Crippen LogP contribution in [0.4, 0.5) is 4.39 Å². The Kier molecular flexibility index (Phi) is 4.18. The van der Waals surface area contributed by atoms with Crippen LogP contribution in [-0.2, 0) is 9.53 Å². The van der Waals surface area contributed by atoms with E-state index in [1.165, 1.54) is 6.20 Å². The molecule has 0 radical (unpaired) electrons. The van der Waals surface area contributed by atoms with Gasteiger partial charge in [-0.25, -0.2) is 14.4 Å². The molecule has 4 heterocycles. The van der Waals surface area contributed by atoms with Crippen molar-refractivity contribution < 1.29 is 13.9 Å². The van der Waals surface area contributed by atoms with Gasteiger partial charge in [0.2, 0.25) is 6.41 Å². The number of imidazole rings is 1. The Bertz CT molecular complexity index is 734. The number of hydrogen-bond acceptors (Lipinski definition) is 4. The Morgan fingerprint density at radius 3 is 2.67 bits per heavy atom. The summed E-state index contributed by atoms with van der Waals surface area (Å²) >= 11 is 0. The van der Waals surface area contributed by atoms with Gasteiger partial charge in [0.05, 0.1) is 11.7 Å². The standard InChI is InChI=1S/C17H21FN4O2/c18-13-9-19-17-15(14(13)11-1-5-22(10-23)6-2-11)20-16(21-17)12-3-7-24-8-4-12/h9-12H,1-8H2,(H,19,20,21). The van der Waals surface area contributed by atoms with Gasteiger partial charge >= 0.3 is 0 Å². The maximum absolute atomic E-state index is 14.5. The van der Waals surface area contributed by atoms with E-state index in [9.17, 15) is 9.18 Å². The predicted molar refractivity (Wildman–Crippen MR) is 86.3 cm³/mol. The van der Waals surface area contributed by atoms with Gasteiger partial charge in [0, 0.05) is 37.8 Å². The molecule has 2 fully saturated rings. The average Bonchev–Trinajstić information content (AvgIpc) is 3.07. The monoisotopic (exact) mass is 332 g/mol. The molecule has 24 heavy (non-hydrogen) atoms. The second-order valence-corrected chi connectivity index (χ2v) is 6.64. The van der Waals surface area contributed by atoms with Crippen molar-refractivity contribution in [2.45, 2.75) is 37.5 Å². The fraction of sp³-hybridized carbons (Fsp3) is 0.588. The molecule has 2 aromatic rings. The van der Waals surface area contributed by atoms with Crippen molar-refractivity contribution in [3.63, 3.8) is 0 Å². The highest BCUT2D eigenvalue weighted by atomic mass is 19.1. The summed E-state index contributed by atoms with van der Waals surface area (Å²) in [6, 6.07) is 0. The molecule has 0 bridgehead atoms. The number of halogens is 1. The topological polar surface area (TPSA) is 71.1 Å². The van der Waals surface area contributed by atoms with Crippen molar-refractivity contribution in [1.29, 1.82) is 0 Å². The Labute approximate surface area is 139 Å². The summed E-state index contributed by atoms with van der Waals surface area (Å²) in [7, 11) is 0. The number of likely N-dealkylation sites (tertiary alicyclic amines) is 1. The third-order valence-corrected chi connectivity index (χ3v) is 5.22.